The molecule has 0 amide bonds. The maximum atomic E-state index is 11.4. The minimum Gasteiger partial charge on any atom is -0.480 e. The van der Waals surface area contributed by atoms with Crippen LogP contribution in [0.25, 0.3) is 0 Å². The van der Waals surface area contributed by atoms with Gasteiger partial charge >= 0.3 is 5.97 Å². The predicted molar refractivity (Wildman–Crippen MR) is 74.3 cm³/mol. The number of hydrogen-bond acceptors (Lipinski definition) is 2. The highest BCUT2D eigenvalue weighted by Gasteiger charge is 2.35. The third-order valence-corrected chi connectivity index (χ3v) is 4.68. The lowest BCUT2D eigenvalue weighted by atomic mass is 9.76. The van der Waals surface area contributed by atoms with Gasteiger partial charge in [-0.2, -0.15) is 0 Å². The average Bonchev–Trinajstić information content (AvgIpc) is 2.37. The summed E-state index contributed by atoms with van der Waals surface area (Å²) in [5.74, 6) is 0.414. The number of piperidine rings is 1. The second kappa shape index (κ2) is 4.97. The Morgan fingerprint density at radius 2 is 2.21 bits per heavy atom. The lowest BCUT2D eigenvalue weighted by Gasteiger charge is -2.41. The van der Waals surface area contributed by atoms with E-state index < -0.39 is 5.97 Å². The fourth-order valence-electron chi connectivity index (χ4n) is 3.47. The molecule has 0 radical (unpaired) electrons. The number of likely N-dealkylation sites (tertiary alicyclic amines) is 1. The van der Waals surface area contributed by atoms with Crippen molar-refractivity contribution in [3.05, 3.63) is 35.4 Å². The summed E-state index contributed by atoms with van der Waals surface area (Å²) in [7, 11) is 0. The Labute approximate surface area is 114 Å². The molecule has 19 heavy (non-hydrogen) atoms. The average molecular weight is 259 g/mol. The zero-order chi connectivity index (χ0) is 13.4. The molecule has 0 saturated carbocycles. The molecule has 0 aromatic heterocycles. The van der Waals surface area contributed by atoms with Crippen molar-refractivity contribution < 1.29 is 9.90 Å². The molecule has 2 aliphatic rings. The van der Waals surface area contributed by atoms with Crippen molar-refractivity contribution in [1.82, 2.24) is 4.90 Å². The molecule has 3 nitrogen and oxygen atoms in total. The Morgan fingerprint density at radius 3 is 2.95 bits per heavy atom. The summed E-state index contributed by atoms with van der Waals surface area (Å²) in [6, 6.07) is 8.25. The first-order valence-electron chi connectivity index (χ1n) is 7.20. The second-order valence-corrected chi connectivity index (χ2v) is 6.08. The third kappa shape index (κ3) is 2.39. The van der Waals surface area contributed by atoms with Crippen molar-refractivity contribution in [1.29, 1.82) is 0 Å². The molecule has 3 unspecified atom stereocenters. The van der Waals surface area contributed by atoms with Crippen molar-refractivity contribution in [3.8, 4) is 0 Å². The molecule has 1 aliphatic heterocycles. The molecule has 1 saturated heterocycles. The van der Waals surface area contributed by atoms with E-state index in [-0.39, 0.29) is 6.04 Å². The third-order valence-electron chi connectivity index (χ3n) is 4.68. The van der Waals surface area contributed by atoms with Crippen molar-refractivity contribution >= 4 is 5.97 Å². The van der Waals surface area contributed by atoms with Crippen LogP contribution < -0.4 is 0 Å². The number of carboxylic acids is 1. The van der Waals surface area contributed by atoms with E-state index in [2.05, 4.69) is 36.1 Å². The van der Waals surface area contributed by atoms with E-state index in [1.807, 2.05) is 0 Å². The van der Waals surface area contributed by atoms with Gasteiger partial charge in [0.2, 0.25) is 0 Å². The topological polar surface area (TPSA) is 40.5 Å². The van der Waals surface area contributed by atoms with Crippen LogP contribution in [0.5, 0.6) is 0 Å². The SMILES string of the molecule is CC1CCN(CC2Cc3ccccc32)C(C(=O)O)C1. The number of benzene rings is 1. The summed E-state index contributed by atoms with van der Waals surface area (Å²) in [5.41, 5.74) is 2.86. The Kier molecular flexibility index (Phi) is 3.31. The van der Waals surface area contributed by atoms with E-state index in [1.165, 1.54) is 11.1 Å². The molecule has 1 N–H and O–H groups in total. The van der Waals surface area contributed by atoms with Gasteiger partial charge in [-0.1, -0.05) is 31.2 Å². The molecule has 1 heterocycles. The van der Waals surface area contributed by atoms with Crippen LogP contribution in [-0.4, -0.2) is 35.1 Å². The first kappa shape index (κ1) is 12.7. The van der Waals surface area contributed by atoms with Gasteiger partial charge in [0.25, 0.3) is 0 Å². The van der Waals surface area contributed by atoms with Crippen molar-refractivity contribution in [2.45, 2.75) is 38.1 Å². The number of aliphatic carboxylic acids is 1. The zero-order valence-corrected chi connectivity index (χ0v) is 11.4. The van der Waals surface area contributed by atoms with E-state index in [1.54, 1.807) is 0 Å². The fraction of sp³-hybridized carbons (Fsp3) is 0.562. The maximum absolute atomic E-state index is 11.4. The van der Waals surface area contributed by atoms with E-state index in [4.69, 9.17) is 0 Å². The molecule has 1 aromatic rings. The number of rotatable bonds is 3. The van der Waals surface area contributed by atoms with Gasteiger partial charge in [-0.05, 0) is 42.9 Å². The van der Waals surface area contributed by atoms with Crippen LogP contribution in [0.4, 0.5) is 0 Å². The normalized spacial score (nSPS) is 30.5. The van der Waals surface area contributed by atoms with Gasteiger partial charge in [-0.15, -0.1) is 0 Å². The summed E-state index contributed by atoms with van der Waals surface area (Å²) in [4.78, 5) is 13.6. The Balaban J connectivity index is 1.68. The quantitative estimate of drug-likeness (QED) is 0.906. The van der Waals surface area contributed by atoms with Gasteiger partial charge in [0, 0.05) is 12.5 Å². The van der Waals surface area contributed by atoms with Crippen LogP contribution in [0.3, 0.4) is 0 Å². The van der Waals surface area contributed by atoms with Crippen LogP contribution >= 0.6 is 0 Å². The van der Waals surface area contributed by atoms with Crippen LogP contribution in [0, 0.1) is 5.92 Å². The maximum Gasteiger partial charge on any atom is 0.320 e. The monoisotopic (exact) mass is 259 g/mol. The summed E-state index contributed by atoms with van der Waals surface area (Å²) < 4.78 is 0. The van der Waals surface area contributed by atoms with Crippen LogP contribution in [0.2, 0.25) is 0 Å². The molecule has 3 rings (SSSR count). The largest absolute Gasteiger partial charge is 0.480 e. The Morgan fingerprint density at radius 1 is 1.42 bits per heavy atom. The van der Waals surface area contributed by atoms with Crippen LogP contribution in [0.1, 0.15) is 36.8 Å². The van der Waals surface area contributed by atoms with E-state index in [0.717, 1.165) is 32.4 Å². The molecule has 3 heteroatoms. The molecule has 3 atom stereocenters. The first-order chi connectivity index (χ1) is 9.15. The molecule has 102 valence electrons. The molecule has 0 bridgehead atoms. The number of nitrogens with zero attached hydrogens (tertiary/aromatic N) is 1. The van der Waals surface area contributed by atoms with Crippen LogP contribution in [0.15, 0.2) is 24.3 Å². The summed E-state index contributed by atoms with van der Waals surface area (Å²) in [6.45, 7) is 3.99. The van der Waals surface area contributed by atoms with Gasteiger partial charge in [0.15, 0.2) is 0 Å². The fourth-order valence-corrected chi connectivity index (χ4v) is 3.47. The summed E-state index contributed by atoms with van der Waals surface area (Å²) >= 11 is 0. The number of carbonyl (C=O) groups is 1. The molecule has 1 aliphatic carbocycles. The molecule has 0 spiro atoms. The first-order valence-corrected chi connectivity index (χ1v) is 7.20. The van der Waals surface area contributed by atoms with Crippen LogP contribution in [-0.2, 0) is 11.2 Å². The Hall–Kier alpha value is -1.35. The van der Waals surface area contributed by atoms with E-state index >= 15 is 0 Å². The second-order valence-electron chi connectivity index (χ2n) is 6.08. The summed E-state index contributed by atoms with van der Waals surface area (Å²) in [6.07, 6.45) is 3.02. The highest BCUT2D eigenvalue weighted by atomic mass is 16.4. The predicted octanol–water partition coefficient (Wildman–Crippen LogP) is 2.51. The number of carboxylic acid groups (broad SMARTS) is 1. The summed E-state index contributed by atoms with van der Waals surface area (Å²) in [5, 5.41) is 9.38. The van der Waals surface area contributed by atoms with Crippen molar-refractivity contribution in [3.63, 3.8) is 0 Å². The minimum atomic E-state index is -0.654. The van der Waals surface area contributed by atoms with Gasteiger partial charge in [-0.25, -0.2) is 0 Å². The number of fused-ring (bicyclic) bond motifs is 1. The van der Waals surface area contributed by atoms with Crippen molar-refractivity contribution in [2.24, 2.45) is 5.92 Å². The highest BCUT2D eigenvalue weighted by Crippen LogP contribution is 2.36. The van der Waals surface area contributed by atoms with E-state index in [9.17, 15) is 9.90 Å². The van der Waals surface area contributed by atoms with Gasteiger partial charge in [0.05, 0.1) is 0 Å². The van der Waals surface area contributed by atoms with Gasteiger partial charge < -0.3 is 5.11 Å². The minimum absolute atomic E-state index is 0.281. The Bertz CT molecular complexity index is 485. The lowest BCUT2D eigenvalue weighted by Crippen LogP contribution is -2.49. The zero-order valence-electron chi connectivity index (χ0n) is 11.4. The molecule has 1 aromatic carbocycles. The number of hydrogen-bond donors (Lipinski definition) is 1. The van der Waals surface area contributed by atoms with E-state index in [0.29, 0.717) is 11.8 Å². The molecule has 1 fully saturated rings. The lowest BCUT2D eigenvalue weighted by molar-refractivity contribution is -0.145. The van der Waals surface area contributed by atoms with Gasteiger partial charge in [0.1, 0.15) is 6.04 Å². The smallest absolute Gasteiger partial charge is 0.320 e. The molecular weight excluding hydrogens is 238 g/mol. The standard InChI is InChI=1S/C16H21NO2/c1-11-6-7-17(15(8-11)16(18)19)10-13-9-12-4-2-3-5-14(12)13/h2-5,11,13,15H,6-10H2,1H3,(H,18,19). The molecular formula is C16H21NO2. The highest BCUT2D eigenvalue weighted by molar-refractivity contribution is 5.73. The van der Waals surface area contributed by atoms with Gasteiger partial charge in [-0.3, -0.25) is 9.69 Å². The van der Waals surface area contributed by atoms with Crippen molar-refractivity contribution in [2.75, 3.05) is 13.1 Å².